The lowest BCUT2D eigenvalue weighted by atomic mass is 10.1. The van der Waals surface area contributed by atoms with Crippen LogP contribution in [0.25, 0.3) is 10.9 Å². The van der Waals surface area contributed by atoms with Gasteiger partial charge in [0.05, 0.1) is 6.54 Å². The van der Waals surface area contributed by atoms with E-state index in [0.29, 0.717) is 24.2 Å². The summed E-state index contributed by atoms with van der Waals surface area (Å²) in [5.41, 5.74) is 1.17. The average Bonchev–Trinajstić information content (AvgIpc) is 2.95. The molecule has 0 bridgehead atoms. The predicted octanol–water partition coefficient (Wildman–Crippen LogP) is 1.08. The van der Waals surface area contributed by atoms with E-state index in [9.17, 15) is 18.8 Å². The smallest absolute Gasteiger partial charge is 0.270 e. The van der Waals surface area contributed by atoms with Gasteiger partial charge in [0.25, 0.3) is 5.91 Å². The van der Waals surface area contributed by atoms with E-state index in [-0.39, 0.29) is 30.1 Å². The van der Waals surface area contributed by atoms with Gasteiger partial charge in [0.1, 0.15) is 17.6 Å². The molecular weight excluding hydrogens is 351 g/mol. The summed E-state index contributed by atoms with van der Waals surface area (Å²) in [6.45, 7) is 2.19. The maximum absolute atomic E-state index is 13.5. The molecule has 27 heavy (non-hydrogen) atoms. The molecule has 0 saturated carbocycles. The number of carbonyl (C=O) groups is 3. The van der Waals surface area contributed by atoms with Crippen LogP contribution in [0.3, 0.4) is 0 Å². The first kappa shape index (κ1) is 18.9. The topological polar surface area (TPSA) is 65.9 Å². The Morgan fingerprint density at radius 3 is 2.48 bits per heavy atom. The van der Waals surface area contributed by atoms with Gasteiger partial charge in [-0.1, -0.05) is 0 Å². The molecule has 1 aromatic carbocycles. The third kappa shape index (κ3) is 3.39. The molecule has 0 N–H and O–H groups in total. The number of fused-ring (bicyclic) bond motifs is 1. The normalized spacial score (nSPS) is 17.3. The van der Waals surface area contributed by atoms with Crippen molar-refractivity contribution in [3.63, 3.8) is 0 Å². The number of piperazine rings is 1. The van der Waals surface area contributed by atoms with Crippen LogP contribution in [0.1, 0.15) is 17.4 Å². The fourth-order valence-electron chi connectivity index (χ4n) is 3.54. The van der Waals surface area contributed by atoms with E-state index < -0.39 is 6.04 Å². The van der Waals surface area contributed by atoms with Crippen molar-refractivity contribution in [1.29, 1.82) is 0 Å². The fourth-order valence-corrected chi connectivity index (χ4v) is 3.54. The van der Waals surface area contributed by atoms with E-state index in [1.165, 1.54) is 28.9 Å². The first-order chi connectivity index (χ1) is 12.7. The van der Waals surface area contributed by atoms with Gasteiger partial charge in [-0.15, -0.1) is 0 Å². The molecule has 1 aliphatic rings. The van der Waals surface area contributed by atoms with E-state index in [2.05, 4.69) is 0 Å². The monoisotopic (exact) mass is 374 g/mol. The lowest BCUT2D eigenvalue weighted by molar-refractivity contribution is -0.146. The van der Waals surface area contributed by atoms with Crippen molar-refractivity contribution in [2.75, 3.05) is 33.7 Å². The third-order valence-corrected chi connectivity index (χ3v) is 5.02. The average molecular weight is 374 g/mol. The molecule has 8 heteroatoms. The van der Waals surface area contributed by atoms with Gasteiger partial charge in [-0.3, -0.25) is 14.4 Å². The van der Waals surface area contributed by atoms with Crippen LogP contribution in [0.4, 0.5) is 4.39 Å². The highest BCUT2D eigenvalue weighted by Gasteiger charge is 2.37. The molecule has 7 nitrogen and oxygen atoms in total. The summed E-state index contributed by atoms with van der Waals surface area (Å²) in [4.78, 5) is 42.0. The highest BCUT2D eigenvalue weighted by molar-refractivity contribution is 5.99. The molecule has 0 unspecified atom stereocenters. The Morgan fingerprint density at radius 1 is 1.15 bits per heavy atom. The SMILES string of the molecule is CC(=O)N1CCN(C(=O)c2cc3cc(F)ccc3n2C)C[C@H]1C(=O)N(C)C. The minimum Gasteiger partial charge on any atom is -0.347 e. The maximum atomic E-state index is 13.5. The second kappa shape index (κ2) is 7.02. The van der Waals surface area contributed by atoms with Crippen molar-refractivity contribution in [3.8, 4) is 0 Å². The van der Waals surface area contributed by atoms with E-state index in [1.807, 2.05) is 0 Å². The zero-order chi connectivity index (χ0) is 19.9. The first-order valence-corrected chi connectivity index (χ1v) is 8.73. The molecule has 0 radical (unpaired) electrons. The summed E-state index contributed by atoms with van der Waals surface area (Å²) in [5, 5.41) is 0.643. The Balaban J connectivity index is 1.90. The van der Waals surface area contributed by atoms with Crippen molar-refractivity contribution in [2.24, 2.45) is 7.05 Å². The fraction of sp³-hybridized carbons (Fsp3) is 0.421. The number of likely N-dealkylation sites (N-methyl/N-ethyl adjacent to an activating group) is 1. The first-order valence-electron chi connectivity index (χ1n) is 8.73. The molecule has 144 valence electrons. The number of halogens is 1. The Morgan fingerprint density at radius 2 is 1.85 bits per heavy atom. The summed E-state index contributed by atoms with van der Waals surface area (Å²) < 4.78 is 15.2. The second-order valence-electron chi connectivity index (χ2n) is 7.00. The van der Waals surface area contributed by atoms with Gasteiger partial charge < -0.3 is 19.3 Å². The number of hydrogen-bond donors (Lipinski definition) is 0. The second-order valence-corrected chi connectivity index (χ2v) is 7.00. The summed E-state index contributed by atoms with van der Waals surface area (Å²) in [5.74, 6) is -1.02. The molecular formula is C19H23FN4O3. The van der Waals surface area contributed by atoms with Gasteiger partial charge in [0.2, 0.25) is 11.8 Å². The van der Waals surface area contributed by atoms with E-state index in [0.717, 1.165) is 5.52 Å². The van der Waals surface area contributed by atoms with Crippen LogP contribution in [0.15, 0.2) is 24.3 Å². The molecule has 2 heterocycles. The number of benzene rings is 1. The predicted molar refractivity (Wildman–Crippen MR) is 98.6 cm³/mol. The Hall–Kier alpha value is -2.90. The van der Waals surface area contributed by atoms with E-state index in [1.54, 1.807) is 42.7 Å². The molecule has 1 fully saturated rings. The van der Waals surface area contributed by atoms with Crippen LogP contribution in [-0.4, -0.2) is 76.8 Å². The Kier molecular flexibility index (Phi) is 4.91. The minimum absolute atomic E-state index is 0.130. The van der Waals surface area contributed by atoms with Gasteiger partial charge in [-0.25, -0.2) is 4.39 Å². The summed E-state index contributed by atoms with van der Waals surface area (Å²) >= 11 is 0. The van der Waals surface area contributed by atoms with Gasteiger partial charge in [-0.2, -0.15) is 0 Å². The minimum atomic E-state index is -0.706. The van der Waals surface area contributed by atoms with Crippen LogP contribution in [0, 0.1) is 5.82 Å². The zero-order valence-electron chi connectivity index (χ0n) is 15.9. The van der Waals surface area contributed by atoms with Crippen molar-refractivity contribution < 1.29 is 18.8 Å². The van der Waals surface area contributed by atoms with Crippen molar-refractivity contribution in [1.82, 2.24) is 19.3 Å². The molecule has 3 rings (SSSR count). The Labute approximate surface area is 156 Å². The largest absolute Gasteiger partial charge is 0.347 e. The van der Waals surface area contributed by atoms with Crippen LogP contribution in [0.2, 0.25) is 0 Å². The van der Waals surface area contributed by atoms with Crippen molar-refractivity contribution >= 4 is 28.6 Å². The number of aromatic nitrogens is 1. The van der Waals surface area contributed by atoms with Crippen molar-refractivity contribution in [3.05, 3.63) is 35.8 Å². The third-order valence-electron chi connectivity index (χ3n) is 5.02. The molecule has 1 aliphatic heterocycles. The summed E-state index contributed by atoms with van der Waals surface area (Å²) in [6, 6.07) is 5.32. The molecule has 0 aliphatic carbocycles. The number of hydrogen-bond acceptors (Lipinski definition) is 3. The molecule has 1 aromatic heterocycles. The highest BCUT2D eigenvalue weighted by atomic mass is 19.1. The molecule has 3 amide bonds. The molecule has 1 atom stereocenters. The zero-order valence-corrected chi connectivity index (χ0v) is 15.9. The van der Waals surface area contributed by atoms with E-state index >= 15 is 0 Å². The van der Waals surface area contributed by atoms with E-state index in [4.69, 9.17) is 0 Å². The quantitative estimate of drug-likeness (QED) is 0.790. The van der Waals surface area contributed by atoms with Gasteiger partial charge in [0, 0.05) is 52.1 Å². The van der Waals surface area contributed by atoms with Crippen LogP contribution in [0.5, 0.6) is 0 Å². The number of carbonyl (C=O) groups excluding carboxylic acids is 3. The molecule has 0 spiro atoms. The van der Waals surface area contributed by atoms with Crippen molar-refractivity contribution in [2.45, 2.75) is 13.0 Å². The molecule has 1 saturated heterocycles. The lowest BCUT2D eigenvalue weighted by Gasteiger charge is -2.41. The number of nitrogens with zero attached hydrogens (tertiary/aromatic N) is 4. The maximum Gasteiger partial charge on any atom is 0.270 e. The summed E-state index contributed by atoms with van der Waals surface area (Å²) in [7, 11) is 5.00. The number of rotatable bonds is 2. The lowest BCUT2D eigenvalue weighted by Crippen LogP contribution is -2.61. The Bertz CT molecular complexity index is 921. The van der Waals surface area contributed by atoms with Crippen LogP contribution >= 0.6 is 0 Å². The number of amides is 3. The van der Waals surface area contributed by atoms with Gasteiger partial charge in [0.15, 0.2) is 0 Å². The van der Waals surface area contributed by atoms with Crippen LogP contribution in [-0.2, 0) is 16.6 Å². The summed E-state index contributed by atoms with van der Waals surface area (Å²) in [6.07, 6.45) is 0. The molecule has 2 aromatic rings. The standard InChI is InChI=1S/C19H23FN4O3/c1-12(25)24-8-7-23(11-17(24)18(26)21(2)3)19(27)16-10-13-9-14(20)5-6-15(13)22(16)4/h5-6,9-10,17H,7-8,11H2,1-4H3/t17-/m0/s1. The van der Waals surface area contributed by atoms with Crippen LogP contribution < -0.4 is 0 Å². The highest BCUT2D eigenvalue weighted by Crippen LogP contribution is 2.22. The van der Waals surface area contributed by atoms with Gasteiger partial charge >= 0.3 is 0 Å². The number of aryl methyl sites for hydroxylation is 1. The van der Waals surface area contributed by atoms with Gasteiger partial charge in [-0.05, 0) is 24.3 Å².